The van der Waals surface area contributed by atoms with Crippen LogP contribution in [0.1, 0.15) is 24.2 Å². The van der Waals surface area contributed by atoms with Crippen molar-refractivity contribution in [2.75, 3.05) is 12.8 Å². The Morgan fingerprint density at radius 1 is 1.31 bits per heavy atom. The normalized spacial score (nSPS) is 18.1. The molecular weight excluding hydrogens is 354 g/mol. The second-order valence-corrected chi connectivity index (χ2v) is 8.36. The number of carbonyl (C=O) groups is 1. The van der Waals surface area contributed by atoms with E-state index in [1.54, 1.807) is 6.33 Å². The van der Waals surface area contributed by atoms with Crippen molar-refractivity contribution in [3.63, 3.8) is 0 Å². The third-order valence-corrected chi connectivity index (χ3v) is 5.82. The number of nitrogens with one attached hydrogen (secondary N) is 1. The molecule has 0 aliphatic carbocycles. The molecule has 0 unspecified atom stereocenters. The molecule has 1 aromatic carbocycles. The monoisotopic (exact) mass is 377 g/mol. The molecule has 1 amide bonds. The maximum Gasteiger partial charge on any atom is 0.238 e. The van der Waals surface area contributed by atoms with Crippen molar-refractivity contribution in [3.05, 3.63) is 48.0 Å². The Balaban J connectivity index is 1.57. The van der Waals surface area contributed by atoms with Crippen LogP contribution in [0.3, 0.4) is 0 Å². The molecule has 1 aromatic heterocycles. The highest BCUT2D eigenvalue weighted by molar-refractivity contribution is 7.88. The molecule has 2 aromatic rings. The lowest BCUT2D eigenvalue weighted by Gasteiger charge is -2.21. The number of carbonyl (C=O) groups excluding carboxylic acids is 1. The first kappa shape index (κ1) is 18.5. The van der Waals surface area contributed by atoms with Gasteiger partial charge in [-0.1, -0.05) is 30.3 Å². The van der Waals surface area contributed by atoms with E-state index in [1.807, 2.05) is 22.8 Å². The van der Waals surface area contributed by atoms with Crippen LogP contribution < -0.4 is 5.32 Å². The number of amides is 1. The van der Waals surface area contributed by atoms with Gasteiger partial charge < -0.3 is 9.88 Å². The largest absolute Gasteiger partial charge is 0.347 e. The van der Waals surface area contributed by atoms with E-state index < -0.39 is 16.1 Å². The molecule has 1 aliphatic rings. The second-order valence-electron chi connectivity index (χ2n) is 6.43. The van der Waals surface area contributed by atoms with Crippen molar-refractivity contribution < 1.29 is 13.2 Å². The molecule has 1 atom stereocenters. The number of nitrogens with zero attached hydrogens (tertiary/aromatic N) is 4. The SMILES string of the molecule is CS(=O)(=O)N1CCC[C@H]1C(=O)NCc1nncn1CCc1ccccc1. The van der Waals surface area contributed by atoms with Gasteiger partial charge in [-0.05, 0) is 24.8 Å². The topological polar surface area (TPSA) is 97.2 Å². The van der Waals surface area contributed by atoms with E-state index in [0.29, 0.717) is 31.8 Å². The number of aromatic nitrogens is 3. The average molecular weight is 377 g/mol. The van der Waals surface area contributed by atoms with Gasteiger partial charge in [-0.2, -0.15) is 4.31 Å². The molecule has 0 spiro atoms. The minimum atomic E-state index is -3.38. The molecule has 2 heterocycles. The minimum absolute atomic E-state index is 0.224. The Morgan fingerprint density at radius 3 is 2.81 bits per heavy atom. The predicted octanol–water partition coefficient (Wildman–Crippen LogP) is 0.561. The number of benzene rings is 1. The van der Waals surface area contributed by atoms with Crippen molar-refractivity contribution in [2.24, 2.45) is 0 Å². The Kier molecular flexibility index (Phi) is 5.67. The molecule has 140 valence electrons. The Hall–Kier alpha value is -2.26. The van der Waals surface area contributed by atoms with E-state index in [9.17, 15) is 13.2 Å². The van der Waals surface area contributed by atoms with Crippen LogP contribution in [0, 0.1) is 0 Å². The van der Waals surface area contributed by atoms with Crippen molar-refractivity contribution in [1.29, 1.82) is 0 Å². The molecule has 26 heavy (non-hydrogen) atoms. The molecular formula is C17H23N5O3S. The quantitative estimate of drug-likeness (QED) is 0.760. The highest BCUT2D eigenvalue weighted by Crippen LogP contribution is 2.20. The summed E-state index contributed by atoms with van der Waals surface area (Å²) < 4.78 is 26.7. The number of hydrogen-bond acceptors (Lipinski definition) is 5. The zero-order chi connectivity index (χ0) is 18.6. The van der Waals surface area contributed by atoms with Gasteiger partial charge >= 0.3 is 0 Å². The number of aryl methyl sites for hydroxylation is 2. The van der Waals surface area contributed by atoms with E-state index in [2.05, 4.69) is 27.6 Å². The lowest BCUT2D eigenvalue weighted by atomic mass is 10.1. The summed E-state index contributed by atoms with van der Waals surface area (Å²) in [6, 6.07) is 9.46. The zero-order valence-electron chi connectivity index (χ0n) is 14.7. The second kappa shape index (κ2) is 7.96. The maximum atomic E-state index is 12.4. The molecule has 3 rings (SSSR count). The highest BCUT2D eigenvalue weighted by atomic mass is 32.2. The van der Waals surface area contributed by atoms with E-state index in [1.165, 1.54) is 9.87 Å². The molecule has 9 heteroatoms. The molecule has 0 radical (unpaired) electrons. The Labute approximate surface area is 153 Å². The van der Waals surface area contributed by atoms with Gasteiger partial charge in [0.15, 0.2) is 5.82 Å². The maximum absolute atomic E-state index is 12.4. The summed E-state index contributed by atoms with van der Waals surface area (Å²) in [6.07, 6.45) is 4.85. The summed E-state index contributed by atoms with van der Waals surface area (Å²) in [5, 5.41) is 10.8. The zero-order valence-corrected chi connectivity index (χ0v) is 15.5. The van der Waals surface area contributed by atoms with Gasteiger partial charge in [-0.15, -0.1) is 10.2 Å². The average Bonchev–Trinajstić information content (AvgIpc) is 3.27. The van der Waals surface area contributed by atoms with Crippen molar-refractivity contribution >= 4 is 15.9 Å². The van der Waals surface area contributed by atoms with Crippen molar-refractivity contribution in [2.45, 2.75) is 38.4 Å². The van der Waals surface area contributed by atoms with Gasteiger partial charge in [0.2, 0.25) is 15.9 Å². The van der Waals surface area contributed by atoms with Gasteiger partial charge in [0, 0.05) is 13.1 Å². The summed E-state index contributed by atoms with van der Waals surface area (Å²) in [5.74, 6) is 0.365. The summed E-state index contributed by atoms with van der Waals surface area (Å²) in [4.78, 5) is 12.4. The smallest absolute Gasteiger partial charge is 0.238 e. The van der Waals surface area contributed by atoms with Gasteiger partial charge in [0.05, 0.1) is 12.8 Å². The van der Waals surface area contributed by atoms with Gasteiger partial charge in [0.25, 0.3) is 0 Å². The van der Waals surface area contributed by atoms with Crippen LogP contribution >= 0.6 is 0 Å². The fourth-order valence-electron chi connectivity index (χ4n) is 3.18. The van der Waals surface area contributed by atoms with Crippen molar-refractivity contribution in [1.82, 2.24) is 24.4 Å². The van der Waals surface area contributed by atoms with Gasteiger partial charge in [-0.25, -0.2) is 8.42 Å². The van der Waals surface area contributed by atoms with Crippen LogP contribution in [-0.2, 0) is 34.3 Å². The van der Waals surface area contributed by atoms with E-state index in [4.69, 9.17) is 0 Å². The minimum Gasteiger partial charge on any atom is -0.347 e. The first-order chi connectivity index (χ1) is 12.4. The predicted molar refractivity (Wildman–Crippen MR) is 96.6 cm³/mol. The summed E-state index contributed by atoms with van der Waals surface area (Å²) in [6.45, 7) is 1.33. The Bertz CT molecular complexity index is 850. The van der Waals surface area contributed by atoms with Gasteiger partial charge in [-0.3, -0.25) is 4.79 Å². The lowest BCUT2D eigenvalue weighted by Crippen LogP contribution is -2.45. The Morgan fingerprint density at radius 2 is 2.08 bits per heavy atom. The molecule has 8 nitrogen and oxygen atoms in total. The summed E-state index contributed by atoms with van der Waals surface area (Å²) in [5.41, 5.74) is 1.21. The first-order valence-electron chi connectivity index (χ1n) is 8.60. The van der Waals surface area contributed by atoms with Crippen LogP contribution in [0.15, 0.2) is 36.7 Å². The summed E-state index contributed by atoms with van der Waals surface area (Å²) >= 11 is 0. The third-order valence-electron chi connectivity index (χ3n) is 4.53. The van der Waals surface area contributed by atoms with Gasteiger partial charge in [0.1, 0.15) is 12.4 Å². The van der Waals surface area contributed by atoms with E-state index >= 15 is 0 Å². The van der Waals surface area contributed by atoms with Crippen LogP contribution in [0.25, 0.3) is 0 Å². The van der Waals surface area contributed by atoms with Crippen LogP contribution in [0.4, 0.5) is 0 Å². The molecule has 1 saturated heterocycles. The van der Waals surface area contributed by atoms with Crippen LogP contribution in [0.5, 0.6) is 0 Å². The fraction of sp³-hybridized carbons (Fsp3) is 0.471. The molecule has 1 aliphatic heterocycles. The number of sulfonamides is 1. The number of rotatable bonds is 7. The molecule has 1 N–H and O–H groups in total. The van der Waals surface area contributed by atoms with Crippen LogP contribution in [0.2, 0.25) is 0 Å². The molecule has 0 saturated carbocycles. The fourth-order valence-corrected chi connectivity index (χ4v) is 4.30. The summed E-state index contributed by atoms with van der Waals surface area (Å²) in [7, 11) is -3.38. The van der Waals surface area contributed by atoms with Crippen LogP contribution in [-0.4, -0.2) is 52.2 Å². The van der Waals surface area contributed by atoms with E-state index in [0.717, 1.165) is 12.7 Å². The first-order valence-corrected chi connectivity index (χ1v) is 10.4. The standard InChI is InChI=1S/C17H23N5O3S/c1-26(24,25)22-10-5-8-15(22)17(23)18-12-16-20-19-13-21(16)11-9-14-6-3-2-4-7-14/h2-4,6-7,13,15H,5,8-12H2,1H3,(H,18,23)/t15-/m0/s1. The van der Waals surface area contributed by atoms with Crippen molar-refractivity contribution in [3.8, 4) is 0 Å². The molecule has 0 bridgehead atoms. The molecule has 1 fully saturated rings. The third kappa shape index (κ3) is 4.47. The highest BCUT2D eigenvalue weighted by Gasteiger charge is 2.36. The lowest BCUT2D eigenvalue weighted by molar-refractivity contribution is -0.124. The van der Waals surface area contributed by atoms with E-state index in [-0.39, 0.29) is 12.5 Å². The number of hydrogen-bond donors (Lipinski definition) is 1.